The number of para-hydroxylation sites is 1. The van der Waals surface area contributed by atoms with Crippen LogP contribution in [-0.4, -0.2) is 14.5 Å². The van der Waals surface area contributed by atoms with Crippen LogP contribution in [0.3, 0.4) is 0 Å². The summed E-state index contributed by atoms with van der Waals surface area (Å²) < 4.78 is 2.37. The van der Waals surface area contributed by atoms with Gasteiger partial charge in [-0.15, -0.1) is 0 Å². The third-order valence-electron chi connectivity index (χ3n) is 5.71. The molecule has 1 N–H and O–H groups in total. The average Bonchev–Trinajstić information content (AvgIpc) is 3.29. The molecule has 0 saturated carbocycles. The second-order valence-electron chi connectivity index (χ2n) is 7.30. The number of benzene rings is 4. The number of nitrogens with zero attached hydrogens (tertiary/aromatic N) is 2. The van der Waals surface area contributed by atoms with Crippen LogP contribution in [0.15, 0.2) is 78.9 Å². The number of aromatic amines is 1. The summed E-state index contributed by atoms with van der Waals surface area (Å²) in [5.74, 6) is 0.917. The normalized spacial score (nSPS) is 11.9. The molecule has 4 aromatic carbocycles. The summed E-state index contributed by atoms with van der Waals surface area (Å²) in [6, 6.07) is 28.0. The molecule has 3 heteroatoms. The number of nitrogens with one attached hydrogen (secondary N) is 1. The maximum atomic E-state index is 4.88. The van der Waals surface area contributed by atoms with E-state index in [-0.39, 0.29) is 0 Å². The minimum absolute atomic E-state index is 0.917. The summed E-state index contributed by atoms with van der Waals surface area (Å²) >= 11 is 0. The number of rotatable bonds is 2. The number of H-pyrrole nitrogens is 1. The van der Waals surface area contributed by atoms with Crippen LogP contribution in [0, 0.1) is 0 Å². The second-order valence-corrected chi connectivity index (χ2v) is 7.30. The van der Waals surface area contributed by atoms with E-state index in [1.54, 1.807) is 0 Å². The highest BCUT2D eigenvalue weighted by atomic mass is 15.0. The van der Waals surface area contributed by atoms with Crippen LogP contribution in [0.2, 0.25) is 0 Å². The molecule has 0 saturated heterocycles. The number of hydrogen-bond donors (Lipinski definition) is 1. The van der Waals surface area contributed by atoms with Crippen LogP contribution in [-0.2, 0) is 6.54 Å². The van der Waals surface area contributed by atoms with Gasteiger partial charge in [-0.1, -0.05) is 42.5 Å². The Bertz CT molecular complexity index is 1450. The Hall–Kier alpha value is -3.59. The van der Waals surface area contributed by atoms with Gasteiger partial charge in [0.05, 0.1) is 11.0 Å². The molecule has 6 aromatic rings. The highest BCUT2D eigenvalue weighted by Crippen LogP contribution is 2.33. The Kier molecular flexibility index (Phi) is 3.15. The van der Waals surface area contributed by atoms with Crippen molar-refractivity contribution in [2.45, 2.75) is 13.5 Å². The monoisotopic (exact) mass is 361 g/mol. The van der Waals surface area contributed by atoms with Crippen LogP contribution >= 0.6 is 0 Å². The molecule has 0 aliphatic carbocycles. The number of hydrogen-bond acceptors (Lipinski definition) is 1. The van der Waals surface area contributed by atoms with E-state index in [0.29, 0.717) is 0 Å². The Morgan fingerprint density at radius 3 is 2.39 bits per heavy atom. The Labute approximate surface area is 162 Å². The molecular formula is C25H19N3. The highest BCUT2D eigenvalue weighted by Gasteiger charge is 2.12. The van der Waals surface area contributed by atoms with Crippen molar-refractivity contribution in [3.05, 3.63) is 78.9 Å². The Balaban J connectivity index is 1.59. The maximum Gasteiger partial charge on any atom is 0.138 e. The standard InChI is InChI=1S/C25H19N3/c1-2-28-23-10-6-5-9-19(23)20-13-18(11-12-24(20)28)25-26-21-14-16-7-3-4-8-17(16)15-22(21)27-25/h3-15H,2H2,1H3,(H,26,27). The van der Waals surface area contributed by atoms with Gasteiger partial charge in [0.25, 0.3) is 0 Å². The third-order valence-corrected chi connectivity index (χ3v) is 5.71. The lowest BCUT2D eigenvalue weighted by Crippen LogP contribution is -1.92. The molecule has 28 heavy (non-hydrogen) atoms. The van der Waals surface area contributed by atoms with E-state index in [0.717, 1.165) is 29.0 Å². The molecule has 0 fully saturated rings. The summed E-state index contributed by atoms with van der Waals surface area (Å²) in [5.41, 5.74) is 5.75. The van der Waals surface area contributed by atoms with Gasteiger partial charge < -0.3 is 9.55 Å². The first-order valence-electron chi connectivity index (χ1n) is 9.72. The van der Waals surface area contributed by atoms with Gasteiger partial charge in [0, 0.05) is 33.9 Å². The largest absolute Gasteiger partial charge is 0.341 e. The van der Waals surface area contributed by atoms with Gasteiger partial charge in [-0.3, -0.25) is 0 Å². The van der Waals surface area contributed by atoms with Crippen molar-refractivity contribution in [2.75, 3.05) is 0 Å². The van der Waals surface area contributed by atoms with Gasteiger partial charge in [-0.05, 0) is 54.1 Å². The van der Waals surface area contributed by atoms with Gasteiger partial charge in [-0.25, -0.2) is 4.98 Å². The first-order chi connectivity index (χ1) is 13.8. The van der Waals surface area contributed by atoms with Gasteiger partial charge >= 0.3 is 0 Å². The molecular weight excluding hydrogens is 342 g/mol. The smallest absolute Gasteiger partial charge is 0.138 e. The zero-order valence-corrected chi connectivity index (χ0v) is 15.6. The first-order valence-corrected chi connectivity index (χ1v) is 9.72. The van der Waals surface area contributed by atoms with E-state index in [2.05, 4.69) is 95.3 Å². The fourth-order valence-corrected chi connectivity index (χ4v) is 4.38. The van der Waals surface area contributed by atoms with Crippen molar-refractivity contribution in [2.24, 2.45) is 0 Å². The van der Waals surface area contributed by atoms with Crippen molar-refractivity contribution in [1.82, 2.24) is 14.5 Å². The summed E-state index contributed by atoms with van der Waals surface area (Å²) in [6.45, 7) is 3.16. The lowest BCUT2D eigenvalue weighted by atomic mass is 10.1. The van der Waals surface area contributed by atoms with Gasteiger partial charge in [-0.2, -0.15) is 0 Å². The van der Waals surface area contributed by atoms with Gasteiger partial charge in [0.2, 0.25) is 0 Å². The van der Waals surface area contributed by atoms with Crippen molar-refractivity contribution in [3.63, 3.8) is 0 Å². The van der Waals surface area contributed by atoms with Crippen molar-refractivity contribution in [1.29, 1.82) is 0 Å². The van der Waals surface area contributed by atoms with Crippen molar-refractivity contribution >= 4 is 43.6 Å². The summed E-state index contributed by atoms with van der Waals surface area (Å²) in [7, 11) is 0. The highest BCUT2D eigenvalue weighted by molar-refractivity contribution is 6.09. The van der Waals surface area contributed by atoms with Gasteiger partial charge in [0.1, 0.15) is 5.82 Å². The topological polar surface area (TPSA) is 33.6 Å². The Morgan fingerprint density at radius 2 is 1.54 bits per heavy atom. The molecule has 0 aliphatic rings. The molecule has 0 spiro atoms. The fourth-order valence-electron chi connectivity index (χ4n) is 4.38. The SMILES string of the molecule is CCn1c2ccccc2c2cc(-c3nc4cc5ccccc5cc4[nH]3)ccc21. The maximum absolute atomic E-state index is 4.88. The van der Waals surface area contributed by atoms with E-state index < -0.39 is 0 Å². The quantitative estimate of drug-likeness (QED) is 0.375. The second kappa shape index (κ2) is 5.70. The zero-order chi connectivity index (χ0) is 18.7. The van der Waals surface area contributed by atoms with Crippen LogP contribution in [0.4, 0.5) is 0 Å². The summed E-state index contributed by atoms with van der Waals surface area (Å²) in [5, 5.41) is 5.02. The number of fused-ring (bicyclic) bond motifs is 5. The van der Waals surface area contributed by atoms with E-state index in [9.17, 15) is 0 Å². The molecule has 6 rings (SSSR count). The zero-order valence-electron chi connectivity index (χ0n) is 15.6. The molecule has 0 amide bonds. The minimum Gasteiger partial charge on any atom is -0.341 e. The molecule has 0 bridgehead atoms. The van der Waals surface area contributed by atoms with Crippen LogP contribution in [0.5, 0.6) is 0 Å². The van der Waals surface area contributed by atoms with Crippen molar-refractivity contribution in [3.8, 4) is 11.4 Å². The molecule has 0 aliphatic heterocycles. The molecule has 0 atom stereocenters. The number of imidazole rings is 1. The van der Waals surface area contributed by atoms with E-state index in [1.807, 2.05) is 0 Å². The molecule has 2 heterocycles. The molecule has 3 nitrogen and oxygen atoms in total. The minimum atomic E-state index is 0.917. The number of aromatic nitrogens is 3. The lowest BCUT2D eigenvalue weighted by Gasteiger charge is -2.03. The van der Waals surface area contributed by atoms with E-state index in [4.69, 9.17) is 4.98 Å². The van der Waals surface area contributed by atoms with E-state index >= 15 is 0 Å². The molecule has 2 aromatic heterocycles. The average molecular weight is 361 g/mol. The summed E-state index contributed by atoms with van der Waals surface area (Å²) in [4.78, 5) is 8.40. The van der Waals surface area contributed by atoms with Crippen LogP contribution in [0.1, 0.15) is 6.92 Å². The fraction of sp³-hybridized carbons (Fsp3) is 0.0800. The predicted octanol–water partition coefficient (Wildman–Crippen LogP) is 6.51. The molecule has 0 unspecified atom stereocenters. The molecule has 0 radical (unpaired) electrons. The number of aryl methyl sites for hydroxylation is 1. The Morgan fingerprint density at radius 1 is 0.786 bits per heavy atom. The van der Waals surface area contributed by atoms with Gasteiger partial charge in [0.15, 0.2) is 0 Å². The van der Waals surface area contributed by atoms with E-state index in [1.165, 1.54) is 32.6 Å². The summed E-state index contributed by atoms with van der Waals surface area (Å²) in [6.07, 6.45) is 0. The third kappa shape index (κ3) is 2.13. The first kappa shape index (κ1) is 15.5. The predicted molar refractivity (Wildman–Crippen MR) is 118 cm³/mol. The van der Waals surface area contributed by atoms with Crippen molar-refractivity contribution < 1.29 is 0 Å². The lowest BCUT2D eigenvalue weighted by molar-refractivity contribution is 0.827. The molecule has 134 valence electrons. The van der Waals surface area contributed by atoms with Crippen LogP contribution < -0.4 is 0 Å². The van der Waals surface area contributed by atoms with Crippen LogP contribution in [0.25, 0.3) is 55.0 Å².